The zero-order valence-electron chi connectivity index (χ0n) is 14.4. The first-order valence-corrected chi connectivity index (χ1v) is 9.44. The Balaban J connectivity index is 1.61. The number of rotatable bonds is 5. The van der Waals surface area contributed by atoms with Crippen LogP contribution in [0.5, 0.6) is 0 Å². The van der Waals surface area contributed by atoms with Gasteiger partial charge in [-0.05, 0) is 49.6 Å². The molecule has 2 aromatic rings. The zero-order chi connectivity index (χ0) is 17.7. The van der Waals surface area contributed by atoms with Crippen molar-refractivity contribution in [3.63, 3.8) is 0 Å². The SMILES string of the molecule is CC(Sc1ccccc1)c1ccc(NC(=O)C2(N)CCOCC2)cc1. The fourth-order valence-corrected chi connectivity index (χ4v) is 3.84. The lowest BCUT2D eigenvalue weighted by Gasteiger charge is -2.31. The highest BCUT2D eigenvalue weighted by Crippen LogP contribution is 2.35. The van der Waals surface area contributed by atoms with Gasteiger partial charge in [0.1, 0.15) is 5.54 Å². The van der Waals surface area contributed by atoms with Crippen LogP contribution in [0.1, 0.15) is 30.6 Å². The topological polar surface area (TPSA) is 64.4 Å². The van der Waals surface area contributed by atoms with Gasteiger partial charge < -0.3 is 15.8 Å². The Hall–Kier alpha value is -1.82. The van der Waals surface area contributed by atoms with E-state index < -0.39 is 5.54 Å². The van der Waals surface area contributed by atoms with E-state index >= 15 is 0 Å². The van der Waals surface area contributed by atoms with Crippen molar-refractivity contribution in [1.29, 1.82) is 0 Å². The van der Waals surface area contributed by atoms with Crippen molar-refractivity contribution < 1.29 is 9.53 Å². The molecular weight excluding hydrogens is 332 g/mol. The number of ether oxygens (including phenoxy) is 1. The maximum Gasteiger partial charge on any atom is 0.244 e. The van der Waals surface area contributed by atoms with Crippen molar-refractivity contribution in [1.82, 2.24) is 0 Å². The van der Waals surface area contributed by atoms with Crippen molar-refractivity contribution in [3.05, 3.63) is 60.2 Å². The molecule has 0 aromatic heterocycles. The number of hydrogen-bond acceptors (Lipinski definition) is 4. The predicted molar refractivity (Wildman–Crippen MR) is 103 cm³/mol. The quantitative estimate of drug-likeness (QED) is 0.795. The summed E-state index contributed by atoms with van der Waals surface area (Å²) in [6.07, 6.45) is 1.11. The van der Waals surface area contributed by atoms with Crippen LogP contribution in [0.2, 0.25) is 0 Å². The first-order chi connectivity index (χ1) is 12.1. The van der Waals surface area contributed by atoms with Gasteiger partial charge in [-0.2, -0.15) is 0 Å². The Labute approximate surface area is 153 Å². The van der Waals surface area contributed by atoms with Crippen LogP contribution < -0.4 is 11.1 Å². The summed E-state index contributed by atoms with van der Waals surface area (Å²) in [6, 6.07) is 18.4. The van der Waals surface area contributed by atoms with Gasteiger partial charge in [-0.3, -0.25) is 4.79 Å². The summed E-state index contributed by atoms with van der Waals surface area (Å²) in [5, 5.41) is 3.28. The maximum atomic E-state index is 12.5. The second-order valence-electron chi connectivity index (χ2n) is 6.42. The van der Waals surface area contributed by atoms with E-state index in [4.69, 9.17) is 10.5 Å². The number of nitrogens with two attached hydrogens (primary N) is 1. The van der Waals surface area contributed by atoms with E-state index in [0.717, 1.165) is 5.69 Å². The first-order valence-electron chi connectivity index (χ1n) is 8.57. The summed E-state index contributed by atoms with van der Waals surface area (Å²) in [4.78, 5) is 13.7. The van der Waals surface area contributed by atoms with Crippen LogP contribution in [0, 0.1) is 0 Å². The smallest absolute Gasteiger partial charge is 0.244 e. The molecule has 1 amide bonds. The molecule has 0 saturated carbocycles. The number of anilines is 1. The van der Waals surface area contributed by atoms with Gasteiger partial charge in [0, 0.05) is 29.0 Å². The van der Waals surface area contributed by atoms with Gasteiger partial charge in [-0.1, -0.05) is 30.3 Å². The number of nitrogens with one attached hydrogen (secondary N) is 1. The Morgan fingerprint density at radius 2 is 1.76 bits per heavy atom. The van der Waals surface area contributed by atoms with E-state index in [0.29, 0.717) is 31.3 Å². The zero-order valence-corrected chi connectivity index (χ0v) is 15.2. The predicted octanol–water partition coefficient (Wildman–Crippen LogP) is 3.99. The first kappa shape index (κ1) is 18.0. The van der Waals surface area contributed by atoms with E-state index in [1.807, 2.05) is 42.1 Å². The second kappa shape index (κ2) is 8.04. The Morgan fingerprint density at radius 3 is 2.40 bits per heavy atom. The van der Waals surface area contributed by atoms with Crippen molar-refractivity contribution in [2.75, 3.05) is 18.5 Å². The Kier molecular flexibility index (Phi) is 5.78. The van der Waals surface area contributed by atoms with Gasteiger partial charge in [0.25, 0.3) is 0 Å². The highest BCUT2D eigenvalue weighted by atomic mass is 32.2. The normalized spacial score (nSPS) is 17.7. The van der Waals surface area contributed by atoms with Gasteiger partial charge in [-0.25, -0.2) is 0 Å². The minimum atomic E-state index is -0.826. The maximum absolute atomic E-state index is 12.5. The molecule has 0 radical (unpaired) electrons. The van der Waals surface area contributed by atoms with Crippen LogP contribution in [-0.4, -0.2) is 24.7 Å². The van der Waals surface area contributed by atoms with Crippen LogP contribution in [0.3, 0.4) is 0 Å². The number of thioether (sulfide) groups is 1. The minimum Gasteiger partial charge on any atom is -0.381 e. The van der Waals surface area contributed by atoms with Crippen LogP contribution >= 0.6 is 11.8 Å². The molecule has 1 heterocycles. The summed E-state index contributed by atoms with van der Waals surface area (Å²) >= 11 is 1.82. The van der Waals surface area contributed by atoms with E-state index in [1.165, 1.54) is 10.5 Å². The molecule has 3 rings (SSSR count). The average Bonchev–Trinajstić information content (AvgIpc) is 2.64. The lowest BCUT2D eigenvalue weighted by molar-refractivity contribution is -0.124. The molecule has 5 heteroatoms. The van der Waals surface area contributed by atoms with Gasteiger partial charge >= 0.3 is 0 Å². The van der Waals surface area contributed by atoms with Crippen LogP contribution in [-0.2, 0) is 9.53 Å². The molecule has 3 N–H and O–H groups in total. The molecule has 2 aromatic carbocycles. The van der Waals surface area contributed by atoms with E-state index in [1.54, 1.807) is 0 Å². The molecule has 1 aliphatic rings. The number of hydrogen-bond donors (Lipinski definition) is 2. The monoisotopic (exact) mass is 356 g/mol. The summed E-state index contributed by atoms with van der Waals surface area (Å²) in [7, 11) is 0. The van der Waals surface area contributed by atoms with Gasteiger partial charge in [0.05, 0.1) is 0 Å². The standard InChI is InChI=1S/C20H24N2O2S/c1-15(25-18-5-3-2-4-6-18)16-7-9-17(10-8-16)22-19(23)20(21)11-13-24-14-12-20/h2-10,15H,11-14,21H2,1H3,(H,22,23). The van der Waals surface area contributed by atoms with Gasteiger partial charge in [-0.15, -0.1) is 11.8 Å². The van der Waals surface area contributed by atoms with Crippen molar-refractivity contribution in [3.8, 4) is 0 Å². The molecule has 1 saturated heterocycles. The van der Waals surface area contributed by atoms with Gasteiger partial charge in [0.15, 0.2) is 0 Å². The summed E-state index contributed by atoms with van der Waals surface area (Å²) in [5.74, 6) is -0.129. The number of carbonyl (C=O) groups excluding carboxylic acids is 1. The highest BCUT2D eigenvalue weighted by Gasteiger charge is 2.35. The number of amides is 1. The Bertz CT molecular complexity index is 697. The number of carbonyl (C=O) groups is 1. The molecule has 1 fully saturated rings. The minimum absolute atomic E-state index is 0.129. The summed E-state index contributed by atoms with van der Waals surface area (Å²) < 4.78 is 5.29. The molecule has 132 valence electrons. The molecule has 0 bridgehead atoms. The fraction of sp³-hybridized carbons (Fsp3) is 0.350. The number of benzene rings is 2. The second-order valence-corrected chi connectivity index (χ2v) is 7.83. The molecule has 4 nitrogen and oxygen atoms in total. The van der Waals surface area contributed by atoms with E-state index in [2.05, 4.69) is 36.5 Å². The average molecular weight is 356 g/mol. The third-order valence-corrected chi connectivity index (χ3v) is 5.70. The van der Waals surface area contributed by atoms with Crippen LogP contribution in [0.4, 0.5) is 5.69 Å². The molecule has 1 aliphatic heterocycles. The third kappa shape index (κ3) is 4.63. The largest absolute Gasteiger partial charge is 0.381 e. The van der Waals surface area contributed by atoms with Crippen molar-refractivity contribution in [2.45, 2.75) is 35.4 Å². The molecule has 1 atom stereocenters. The van der Waals surface area contributed by atoms with E-state index in [9.17, 15) is 4.79 Å². The lowest BCUT2D eigenvalue weighted by atomic mass is 9.90. The van der Waals surface area contributed by atoms with Crippen LogP contribution in [0.15, 0.2) is 59.5 Å². The molecule has 25 heavy (non-hydrogen) atoms. The molecule has 1 unspecified atom stereocenters. The Morgan fingerprint density at radius 1 is 1.12 bits per heavy atom. The van der Waals surface area contributed by atoms with E-state index in [-0.39, 0.29) is 5.91 Å². The van der Waals surface area contributed by atoms with Gasteiger partial charge in [0.2, 0.25) is 5.91 Å². The molecular formula is C20H24N2O2S. The van der Waals surface area contributed by atoms with Crippen molar-refractivity contribution in [2.24, 2.45) is 5.73 Å². The molecule has 0 aliphatic carbocycles. The highest BCUT2D eigenvalue weighted by molar-refractivity contribution is 7.99. The third-order valence-electron chi connectivity index (χ3n) is 4.53. The lowest BCUT2D eigenvalue weighted by Crippen LogP contribution is -2.54. The van der Waals surface area contributed by atoms with Crippen molar-refractivity contribution >= 4 is 23.4 Å². The fourth-order valence-electron chi connectivity index (χ4n) is 2.83. The van der Waals surface area contributed by atoms with Crippen LogP contribution in [0.25, 0.3) is 0 Å². The summed E-state index contributed by atoms with van der Waals surface area (Å²) in [6.45, 7) is 3.26. The molecule has 0 spiro atoms. The summed E-state index contributed by atoms with van der Waals surface area (Å²) in [5.41, 5.74) is 7.40.